The van der Waals surface area contributed by atoms with Crippen molar-refractivity contribution in [1.29, 1.82) is 0 Å². The lowest BCUT2D eigenvalue weighted by atomic mass is 10.2. The molecule has 9 nitrogen and oxygen atoms in total. The van der Waals surface area contributed by atoms with Crippen LogP contribution in [0.4, 0.5) is 35.5 Å². The van der Waals surface area contributed by atoms with Crippen LogP contribution < -0.4 is 10.5 Å². The van der Waals surface area contributed by atoms with Crippen LogP contribution in [0.2, 0.25) is 0 Å². The van der Waals surface area contributed by atoms with Crippen LogP contribution in [0.1, 0.15) is 12.7 Å². The van der Waals surface area contributed by atoms with E-state index in [1.807, 2.05) is 6.92 Å². The fourth-order valence-electron chi connectivity index (χ4n) is 1.65. The molecule has 0 saturated carbocycles. The number of hydrogen-bond acceptors (Lipinski definition) is 10. The normalized spacial score (nSPS) is 13.9. The summed E-state index contributed by atoms with van der Waals surface area (Å²) in [5, 5.41) is 7.81. The zero-order valence-corrected chi connectivity index (χ0v) is 15.1. The maximum Gasteiger partial charge on any atom is 0.345 e. The zero-order valence-electron chi connectivity index (χ0n) is 13.4. The fourth-order valence-corrected chi connectivity index (χ4v) is 2.81. The third kappa shape index (κ3) is 4.44. The molecular formula is C12H13F3N6O3S2. The lowest BCUT2D eigenvalue weighted by Crippen LogP contribution is -2.10. The molecule has 2 N–H and O–H groups in total. The highest BCUT2D eigenvalue weighted by Crippen LogP contribution is 2.39. The van der Waals surface area contributed by atoms with Gasteiger partial charge in [0, 0.05) is 24.0 Å². The monoisotopic (exact) mass is 410 g/mol. The van der Waals surface area contributed by atoms with E-state index in [2.05, 4.69) is 28.3 Å². The van der Waals surface area contributed by atoms with Crippen molar-refractivity contribution in [3.8, 4) is 5.75 Å². The van der Waals surface area contributed by atoms with Gasteiger partial charge in [0.1, 0.15) is 22.9 Å². The number of azo groups is 1. The number of benzene rings is 1. The average molecular weight is 410 g/mol. The van der Waals surface area contributed by atoms with Crippen molar-refractivity contribution in [3.63, 3.8) is 0 Å². The molecular weight excluding hydrogens is 397 g/mol. The molecule has 0 bridgehead atoms. The number of nitrogens with zero attached hydrogens (tertiary/aromatic N) is 5. The summed E-state index contributed by atoms with van der Waals surface area (Å²) < 4.78 is 64.6. The third-order valence-corrected chi connectivity index (χ3v) is 4.61. The van der Waals surface area contributed by atoms with Crippen LogP contribution in [0, 0.1) is 0 Å². The van der Waals surface area contributed by atoms with Gasteiger partial charge in [-0.05, 0) is 10.6 Å². The first-order chi connectivity index (χ1) is 12.3. The molecule has 1 aromatic heterocycles. The highest BCUT2D eigenvalue weighted by Gasteiger charge is 2.26. The van der Waals surface area contributed by atoms with Crippen LogP contribution in [0.3, 0.4) is 0 Å². The number of alkyl halides is 2. The predicted molar refractivity (Wildman–Crippen MR) is 89.3 cm³/mol. The molecule has 0 spiro atoms. The first-order valence-corrected chi connectivity index (χ1v) is 9.16. The summed E-state index contributed by atoms with van der Waals surface area (Å²) in [6.07, 6.45) is 0.590. The first kappa shape index (κ1) is 20.0. The minimum atomic E-state index is -4.94. The van der Waals surface area contributed by atoms with Crippen LogP contribution in [-0.2, 0) is 20.8 Å². The topological polar surface area (TPSA) is 124 Å². The van der Waals surface area contributed by atoms with Crippen LogP contribution in [0.5, 0.6) is 5.75 Å². The number of hydrogen-bond donors (Lipinski definition) is 1. The van der Waals surface area contributed by atoms with Crippen LogP contribution in [0.25, 0.3) is 0 Å². The van der Waals surface area contributed by atoms with Crippen molar-refractivity contribution in [2.75, 3.05) is 12.8 Å². The molecule has 2 aromatic rings. The number of aryl methyl sites for hydroxylation is 1. The van der Waals surface area contributed by atoms with E-state index >= 15 is 0 Å². The quantitative estimate of drug-likeness (QED) is 0.537. The van der Waals surface area contributed by atoms with Gasteiger partial charge < -0.3 is 10.5 Å². The predicted octanol–water partition coefficient (Wildman–Crippen LogP) is 4.24. The smallest absolute Gasteiger partial charge is 0.345 e. The van der Waals surface area contributed by atoms with Gasteiger partial charge in [-0.15, -0.1) is 10.2 Å². The van der Waals surface area contributed by atoms with E-state index in [0.717, 1.165) is 17.6 Å². The molecule has 1 aromatic carbocycles. The Balaban J connectivity index is 2.56. The number of methoxy groups -OCH3 is 1. The van der Waals surface area contributed by atoms with Crippen molar-refractivity contribution in [2.45, 2.75) is 19.1 Å². The maximum atomic E-state index is 12.8. The Morgan fingerprint density at radius 2 is 2.08 bits per heavy atom. The Hall–Kier alpha value is -2.32. The number of aromatic nitrogens is 2. The minimum Gasteiger partial charge on any atom is -0.495 e. The van der Waals surface area contributed by atoms with Crippen molar-refractivity contribution in [3.05, 3.63) is 18.0 Å². The molecule has 142 valence electrons. The number of anilines is 1. The van der Waals surface area contributed by atoms with Gasteiger partial charge in [0.25, 0.3) is 10.0 Å². The van der Waals surface area contributed by atoms with Crippen LogP contribution >= 0.6 is 11.5 Å². The highest BCUT2D eigenvalue weighted by molar-refractivity contribution is 7.89. The second-order valence-corrected chi connectivity index (χ2v) is 6.98. The van der Waals surface area contributed by atoms with Crippen molar-refractivity contribution in [1.82, 2.24) is 9.36 Å². The summed E-state index contributed by atoms with van der Waals surface area (Å²) >= 11 is 0.966. The number of nitrogens with two attached hydrogens (primary N) is 1. The van der Waals surface area contributed by atoms with Gasteiger partial charge in [0.05, 0.1) is 12.8 Å². The minimum absolute atomic E-state index is 0.0238. The standard InChI is InChI=1S/C12H13F3N6O3S2/c1-3-10-17-12(25-20-10)19-18-7-5-9(23-2)6(16)4-8(7)21-26(22,24-15)11(13)14/h4-5,11H,3,16H2,1-2H3. The first-order valence-electron chi connectivity index (χ1n) is 6.89. The molecule has 1 unspecified atom stereocenters. The molecule has 0 amide bonds. The molecule has 0 fully saturated rings. The van der Waals surface area contributed by atoms with Crippen LogP contribution in [-0.4, -0.2) is 26.4 Å². The second kappa shape index (κ2) is 8.37. The summed E-state index contributed by atoms with van der Waals surface area (Å²) in [4.78, 5) is 4.05. The van der Waals surface area contributed by atoms with Crippen molar-refractivity contribution >= 4 is 43.7 Å². The Kier molecular flexibility index (Phi) is 6.44. The summed E-state index contributed by atoms with van der Waals surface area (Å²) in [6.45, 7) is 1.85. The number of halogens is 3. The zero-order chi connectivity index (χ0) is 19.3. The molecule has 0 aliphatic rings. The molecule has 0 aliphatic heterocycles. The molecule has 1 atom stereocenters. The summed E-state index contributed by atoms with van der Waals surface area (Å²) in [6, 6.07) is 2.24. The molecule has 26 heavy (non-hydrogen) atoms. The lowest BCUT2D eigenvalue weighted by molar-refractivity contribution is -0.000950. The van der Waals surface area contributed by atoms with Crippen LogP contribution in [0.15, 0.2) is 26.7 Å². The Morgan fingerprint density at radius 1 is 1.35 bits per heavy atom. The summed E-state index contributed by atoms with van der Waals surface area (Å²) in [5.74, 6) is -3.01. The number of rotatable bonds is 7. The summed E-state index contributed by atoms with van der Waals surface area (Å²) in [7, 11) is -3.62. The van der Waals surface area contributed by atoms with E-state index in [-0.39, 0.29) is 22.3 Å². The molecule has 0 radical (unpaired) electrons. The number of ether oxygens (including phenoxy) is 1. The van der Waals surface area contributed by atoms with Gasteiger partial charge >= 0.3 is 5.76 Å². The van der Waals surface area contributed by atoms with Gasteiger partial charge in [0.15, 0.2) is 0 Å². The van der Waals surface area contributed by atoms with E-state index in [0.29, 0.717) is 12.2 Å². The van der Waals surface area contributed by atoms with E-state index in [1.165, 1.54) is 13.2 Å². The molecule has 1 heterocycles. The number of nitrogen functional groups attached to an aromatic ring is 1. The lowest BCUT2D eigenvalue weighted by Gasteiger charge is -2.08. The Morgan fingerprint density at radius 3 is 2.62 bits per heavy atom. The van der Waals surface area contributed by atoms with Gasteiger partial charge in [0.2, 0.25) is 5.13 Å². The van der Waals surface area contributed by atoms with Crippen molar-refractivity contribution in [2.24, 2.45) is 14.6 Å². The van der Waals surface area contributed by atoms with Gasteiger partial charge in [-0.3, -0.25) is 0 Å². The summed E-state index contributed by atoms with van der Waals surface area (Å²) in [5.41, 5.74) is 5.07. The van der Waals surface area contributed by atoms with E-state index in [4.69, 9.17) is 10.5 Å². The Labute approximate surface area is 150 Å². The Bertz CT molecular complexity index is 927. The molecule has 2 rings (SSSR count). The van der Waals surface area contributed by atoms with Gasteiger partial charge in [-0.2, -0.15) is 17.5 Å². The second-order valence-electron chi connectivity index (χ2n) is 4.56. The SMILES string of the molecule is CCc1nsc(N=Nc2cc(OC)c(N)cc2N=S(=O)(OF)C(F)F)n1. The molecule has 14 heteroatoms. The fraction of sp³-hybridized carbons (Fsp3) is 0.333. The van der Waals surface area contributed by atoms with Gasteiger partial charge in [-0.25, -0.2) is 9.19 Å². The largest absolute Gasteiger partial charge is 0.495 e. The van der Waals surface area contributed by atoms with E-state index in [9.17, 15) is 17.5 Å². The van der Waals surface area contributed by atoms with Crippen molar-refractivity contribution < 1.29 is 26.6 Å². The average Bonchev–Trinajstić information content (AvgIpc) is 3.08. The van der Waals surface area contributed by atoms with Gasteiger partial charge in [-0.1, -0.05) is 11.3 Å². The maximum absolute atomic E-state index is 12.8. The van der Waals surface area contributed by atoms with E-state index < -0.39 is 21.5 Å². The highest BCUT2D eigenvalue weighted by atomic mass is 32.2. The molecule has 0 aliphatic carbocycles. The molecule has 0 saturated heterocycles. The van der Waals surface area contributed by atoms with E-state index in [1.54, 1.807) is 0 Å². The third-order valence-electron chi connectivity index (χ3n) is 2.88.